The molecule has 2 atom stereocenters. The maximum atomic E-state index is 13.3. The van der Waals surface area contributed by atoms with E-state index in [1.165, 1.54) is 12.1 Å². The van der Waals surface area contributed by atoms with E-state index in [-0.39, 0.29) is 18.5 Å². The third kappa shape index (κ3) is 5.11. The van der Waals surface area contributed by atoms with Crippen LogP contribution in [0, 0.1) is 17.7 Å². The number of fused-ring (bicyclic) bond motifs is 1. The van der Waals surface area contributed by atoms with Crippen LogP contribution in [-0.2, 0) is 6.54 Å². The van der Waals surface area contributed by atoms with Crippen LogP contribution >= 0.6 is 0 Å². The second kappa shape index (κ2) is 9.88. The summed E-state index contributed by atoms with van der Waals surface area (Å²) in [6.07, 6.45) is 6.83. The molecule has 0 aliphatic carbocycles. The number of amidine groups is 1. The Labute approximate surface area is 188 Å². The molecule has 4 rings (SSSR count). The molecule has 0 saturated carbocycles. The molecule has 2 aliphatic rings. The number of aromatic nitrogens is 2. The summed E-state index contributed by atoms with van der Waals surface area (Å²) >= 11 is 0. The molecule has 8 heteroatoms. The summed E-state index contributed by atoms with van der Waals surface area (Å²) in [5, 5.41) is 18.1. The van der Waals surface area contributed by atoms with Crippen molar-refractivity contribution in [3.8, 4) is 11.8 Å². The monoisotopic (exact) mass is 436 g/mol. The second-order valence-corrected chi connectivity index (χ2v) is 8.05. The Balaban J connectivity index is 1.43. The van der Waals surface area contributed by atoms with Crippen molar-refractivity contribution in [2.45, 2.75) is 45.5 Å². The summed E-state index contributed by atoms with van der Waals surface area (Å²) < 4.78 is 14.9. The average molecular weight is 437 g/mol. The molecule has 0 fully saturated rings. The van der Waals surface area contributed by atoms with E-state index in [1.807, 2.05) is 6.20 Å². The molecule has 0 radical (unpaired) electrons. The van der Waals surface area contributed by atoms with E-state index in [2.05, 4.69) is 52.1 Å². The first kappa shape index (κ1) is 21.9. The third-order valence-corrected chi connectivity index (χ3v) is 5.29. The van der Waals surface area contributed by atoms with Crippen molar-refractivity contribution in [3.05, 3.63) is 65.5 Å². The molecule has 2 aliphatic heterocycles. The Morgan fingerprint density at radius 2 is 2.12 bits per heavy atom. The van der Waals surface area contributed by atoms with Crippen LogP contribution in [0.5, 0.6) is 0 Å². The molecular formula is C24H29FN6O. The van der Waals surface area contributed by atoms with Crippen molar-refractivity contribution in [3.63, 3.8) is 0 Å². The molecule has 0 bridgehead atoms. The number of aliphatic imine (C=N–C) groups is 1. The highest BCUT2D eigenvalue weighted by atomic mass is 19.1. The summed E-state index contributed by atoms with van der Waals surface area (Å²) in [4.78, 5) is 9.54. The van der Waals surface area contributed by atoms with Crippen LogP contribution in [0.1, 0.15) is 44.0 Å². The fourth-order valence-electron chi connectivity index (χ4n) is 3.90. The largest absolute Gasteiger partial charge is 0.378 e. The van der Waals surface area contributed by atoms with Gasteiger partial charge in [-0.15, -0.1) is 0 Å². The van der Waals surface area contributed by atoms with Gasteiger partial charge in [0.25, 0.3) is 0 Å². The molecule has 32 heavy (non-hydrogen) atoms. The van der Waals surface area contributed by atoms with Crippen LogP contribution in [0.4, 0.5) is 4.39 Å². The summed E-state index contributed by atoms with van der Waals surface area (Å²) in [5.74, 6) is 6.19. The molecule has 0 saturated heterocycles. The molecular weight excluding hydrogens is 407 g/mol. The van der Waals surface area contributed by atoms with Gasteiger partial charge < -0.3 is 20.2 Å². The lowest BCUT2D eigenvalue weighted by Gasteiger charge is -2.35. The molecule has 1 aromatic carbocycles. The van der Waals surface area contributed by atoms with Crippen molar-refractivity contribution in [2.24, 2.45) is 4.99 Å². The summed E-state index contributed by atoms with van der Waals surface area (Å²) in [7, 11) is 0. The number of benzene rings is 1. The first-order chi connectivity index (χ1) is 15.6. The summed E-state index contributed by atoms with van der Waals surface area (Å²) in [5.41, 5.74) is 2.49. The minimum Gasteiger partial charge on any atom is -0.378 e. The Morgan fingerprint density at radius 1 is 1.28 bits per heavy atom. The van der Waals surface area contributed by atoms with Gasteiger partial charge in [0.15, 0.2) is 5.84 Å². The van der Waals surface area contributed by atoms with Crippen LogP contribution in [0.3, 0.4) is 0 Å². The van der Waals surface area contributed by atoms with Crippen LogP contribution < -0.4 is 5.32 Å². The van der Waals surface area contributed by atoms with Gasteiger partial charge in [-0.3, -0.25) is 4.68 Å². The topological polar surface area (TPSA) is 68.9 Å². The fourth-order valence-corrected chi connectivity index (χ4v) is 3.90. The van der Waals surface area contributed by atoms with Crippen molar-refractivity contribution in [1.29, 1.82) is 0 Å². The van der Waals surface area contributed by atoms with E-state index in [9.17, 15) is 9.50 Å². The maximum Gasteiger partial charge on any atom is 0.152 e. The van der Waals surface area contributed by atoms with E-state index in [4.69, 9.17) is 4.99 Å². The molecule has 3 heterocycles. The highest BCUT2D eigenvalue weighted by Crippen LogP contribution is 2.27. The van der Waals surface area contributed by atoms with Gasteiger partial charge in [-0.1, -0.05) is 31.8 Å². The van der Waals surface area contributed by atoms with Gasteiger partial charge in [0, 0.05) is 36.6 Å². The Hall–Kier alpha value is -3.31. The van der Waals surface area contributed by atoms with Gasteiger partial charge >= 0.3 is 0 Å². The minimum atomic E-state index is -0.915. The molecule has 7 nitrogen and oxygen atoms in total. The van der Waals surface area contributed by atoms with Gasteiger partial charge in [-0.2, -0.15) is 5.10 Å². The SMILES string of the molecule is CCCN1C=C2NC(c3cnn(CC(O)C#Cc4cccc(F)c4)c3)N=C2N(CCC)C1. The fraction of sp³-hybridized carbons (Fsp3) is 0.417. The van der Waals surface area contributed by atoms with E-state index in [1.54, 1.807) is 23.0 Å². The van der Waals surface area contributed by atoms with Gasteiger partial charge in [0.05, 0.1) is 25.1 Å². The lowest BCUT2D eigenvalue weighted by Crippen LogP contribution is -2.45. The van der Waals surface area contributed by atoms with Crippen molar-refractivity contribution >= 4 is 5.84 Å². The smallest absolute Gasteiger partial charge is 0.152 e. The van der Waals surface area contributed by atoms with Gasteiger partial charge in [0.1, 0.15) is 18.1 Å². The quantitative estimate of drug-likeness (QED) is 0.654. The minimum absolute atomic E-state index is 0.207. The standard InChI is InChI=1S/C24H29FN6O/c1-3-10-29-16-22-24(30(17-29)11-4-2)28-23(27-22)19-13-26-31(14-19)15-21(32)9-8-18-6-5-7-20(25)12-18/h5-7,12-14,16,21,23,27,32H,3-4,10-11,15,17H2,1-2H3. The zero-order chi connectivity index (χ0) is 22.5. The van der Waals surface area contributed by atoms with Gasteiger partial charge in [-0.25, -0.2) is 9.38 Å². The second-order valence-electron chi connectivity index (χ2n) is 8.05. The number of aliphatic hydroxyl groups is 1. The van der Waals surface area contributed by atoms with E-state index in [0.29, 0.717) is 5.56 Å². The van der Waals surface area contributed by atoms with Crippen LogP contribution in [0.2, 0.25) is 0 Å². The summed E-state index contributed by atoms with van der Waals surface area (Å²) in [6.45, 7) is 7.40. The average Bonchev–Trinajstić information content (AvgIpc) is 3.40. The molecule has 168 valence electrons. The first-order valence-corrected chi connectivity index (χ1v) is 11.1. The Bertz CT molecular complexity index is 1070. The number of rotatable bonds is 7. The van der Waals surface area contributed by atoms with Crippen LogP contribution in [-0.4, -0.2) is 56.4 Å². The lowest BCUT2D eigenvalue weighted by molar-refractivity contribution is 0.204. The van der Waals surface area contributed by atoms with Crippen molar-refractivity contribution in [2.75, 3.05) is 19.8 Å². The van der Waals surface area contributed by atoms with E-state index >= 15 is 0 Å². The highest BCUT2D eigenvalue weighted by Gasteiger charge is 2.31. The predicted molar refractivity (Wildman–Crippen MR) is 122 cm³/mol. The number of hydrogen-bond acceptors (Lipinski definition) is 6. The van der Waals surface area contributed by atoms with Crippen molar-refractivity contribution in [1.82, 2.24) is 24.9 Å². The molecule has 1 aromatic heterocycles. The highest BCUT2D eigenvalue weighted by molar-refractivity contribution is 6.00. The predicted octanol–water partition coefficient (Wildman–Crippen LogP) is 2.67. The zero-order valence-corrected chi connectivity index (χ0v) is 18.5. The van der Waals surface area contributed by atoms with Crippen molar-refractivity contribution < 1.29 is 9.50 Å². The molecule has 0 spiro atoms. The summed E-state index contributed by atoms with van der Waals surface area (Å²) in [6, 6.07) is 6.01. The zero-order valence-electron chi connectivity index (χ0n) is 18.5. The van der Waals surface area contributed by atoms with E-state index < -0.39 is 6.10 Å². The Morgan fingerprint density at radius 3 is 2.91 bits per heavy atom. The first-order valence-electron chi connectivity index (χ1n) is 11.1. The number of hydrogen-bond donors (Lipinski definition) is 2. The number of nitrogens with one attached hydrogen (secondary N) is 1. The normalized spacial score (nSPS) is 18.3. The maximum absolute atomic E-state index is 13.3. The number of halogens is 1. The molecule has 2 N–H and O–H groups in total. The van der Waals surface area contributed by atoms with E-state index in [0.717, 1.165) is 49.7 Å². The molecule has 0 amide bonds. The van der Waals surface area contributed by atoms with Crippen LogP contribution in [0.15, 0.2) is 53.5 Å². The van der Waals surface area contributed by atoms with Gasteiger partial charge in [0.2, 0.25) is 0 Å². The van der Waals surface area contributed by atoms with Gasteiger partial charge in [-0.05, 0) is 31.0 Å². The lowest BCUT2D eigenvalue weighted by atomic mass is 10.2. The Kier molecular flexibility index (Phi) is 6.76. The number of nitrogens with zero attached hydrogens (tertiary/aromatic N) is 5. The molecule has 2 unspecified atom stereocenters. The number of aliphatic hydroxyl groups excluding tert-OH is 1. The third-order valence-electron chi connectivity index (χ3n) is 5.29. The molecule has 2 aromatic rings. The van der Waals surface area contributed by atoms with Crippen LogP contribution in [0.25, 0.3) is 0 Å².